The number of fused-ring (bicyclic) bond motifs is 3. The molecule has 3 aromatic rings. The van der Waals surface area contributed by atoms with Gasteiger partial charge in [0.2, 0.25) is 5.16 Å². The second kappa shape index (κ2) is 13.6. The monoisotopic (exact) mass is 426 g/mol. The Kier molecular flexibility index (Phi) is 10.5. The molecule has 1 N–H and O–H groups in total. The van der Waals surface area contributed by atoms with Gasteiger partial charge in [-0.3, -0.25) is 0 Å². The van der Waals surface area contributed by atoms with Crippen molar-refractivity contribution in [2.24, 2.45) is 0 Å². The number of para-hydroxylation sites is 1. The smallest absolute Gasteiger partial charge is 0.211 e. The average molecular weight is 427 g/mol. The van der Waals surface area contributed by atoms with Gasteiger partial charge in [0.25, 0.3) is 0 Å². The molecule has 0 aliphatic rings. The van der Waals surface area contributed by atoms with Gasteiger partial charge in [0.1, 0.15) is 5.52 Å². The molecule has 0 aliphatic carbocycles. The van der Waals surface area contributed by atoms with Crippen molar-refractivity contribution in [3.8, 4) is 0 Å². The number of nitrogens with one attached hydrogen (secondary N) is 1. The van der Waals surface area contributed by atoms with Gasteiger partial charge >= 0.3 is 0 Å². The lowest BCUT2D eigenvalue weighted by atomic mass is 10.0. The average Bonchev–Trinajstić information content (AvgIpc) is 3.14. The maximum absolute atomic E-state index is 4.65. The molecule has 0 unspecified atom stereocenters. The Morgan fingerprint density at radius 2 is 1.33 bits per heavy atom. The lowest BCUT2D eigenvalue weighted by Gasteiger charge is -2.03. The summed E-state index contributed by atoms with van der Waals surface area (Å²) in [4.78, 5) is 8.00. The van der Waals surface area contributed by atoms with Crippen molar-refractivity contribution >= 4 is 33.8 Å². The normalized spacial score (nSPS) is 11.6. The molecule has 3 rings (SSSR count). The molecule has 0 amide bonds. The number of aromatic amines is 1. The summed E-state index contributed by atoms with van der Waals surface area (Å²) >= 11 is 1.72. The minimum atomic E-state index is 0.781. The van der Waals surface area contributed by atoms with Crippen molar-refractivity contribution in [2.45, 2.75) is 102 Å². The highest BCUT2D eigenvalue weighted by Gasteiger charge is 2.08. The number of nitrogens with zero attached hydrogens (tertiary/aromatic N) is 3. The number of aromatic nitrogens is 4. The van der Waals surface area contributed by atoms with Crippen LogP contribution in [0, 0.1) is 0 Å². The van der Waals surface area contributed by atoms with Crippen LogP contribution in [0.2, 0.25) is 0 Å². The van der Waals surface area contributed by atoms with Gasteiger partial charge in [-0.25, -0.2) is 4.98 Å². The van der Waals surface area contributed by atoms with Crippen LogP contribution in [0.3, 0.4) is 0 Å². The Balaban J connectivity index is 1.19. The van der Waals surface area contributed by atoms with Crippen LogP contribution < -0.4 is 0 Å². The molecule has 2 aromatic heterocycles. The summed E-state index contributed by atoms with van der Waals surface area (Å²) in [6.45, 7) is 2.29. The Labute approximate surface area is 186 Å². The van der Waals surface area contributed by atoms with Crippen LogP contribution in [-0.4, -0.2) is 25.9 Å². The zero-order valence-corrected chi connectivity index (χ0v) is 19.5. The van der Waals surface area contributed by atoms with Crippen molar-refractivity contribution < 1.29 is 0 Å². The molecule has 30 heavy (non-hydrogen) atoms. The van der Waals surface area contributed by atoms with Crippen LogP contribution in [0.15, 0.2) is 29.4 Å². The van der Waals surface area contributed by atoms with Gasteiger partial charge in [-0.05, 0) is 12.5 Å². The fraction of sp³-hybridized carbons (Fsp3) is 0.640. The number of hydrogen-bond donors (Lipinski definition) is 1. The van der Waals surface area contributed by atoms with Crippen LogP contribution >= 0.6 is 11.8 Å². The van der Waals surface area contributed by atoms with E-state index in [1.54, 1.807) is 11.8 Å². The van der Waals surface area contributed by atoms with Gasteiger partial charge in [0, 0.05) is 16.7 Å². The van der Waals surface area contributed by atoms with E-state index in [-0.39, 0.29) is 0 Å². The van der Waals surface area contributed by atoms with Crippen LogP contribution in [0.5, 0.6) is 0 Å². The van der Waals surface area contributed by atoms with Gasteiger partial charge in [0.15, 0.2) is 5.65 Å². The second-order valence-corrected chi connectivity index (χ2v) is 9.47. The SMILES string of the molecule is CCCCCCCCCCCCCCCCSc1nnc2c(n1)[nH]c1ccccc12. The molecule has 0 saturated heterocycles. The molecule has 0 saturated carbocycles. The quantitative estimate of drug-likeness (QED) is 0.186. The van der Waals surface area contributed by atoms with Gasteiger partial charge < -0.3 is 4.98 Å². The molecule has 0 bridgehead atoms. The second-order valence-electron chi connectivity index (χ2n) is 8.41. The zero-order valence-electron chi connectivity index (χ0n) is 18.7. The Bertz CT molecular complexity index is 861. The fourth-order valence-corrected chi connectivity index (χ4v) is 4.81. The van der Waals surface area contributed by atoms with Crippen molar-refractivity contribution in [2.75, 3.05) is 5.75 Å². The van der Waals surface area contributed by atoms with E-state index in [9.17, 15) is 0 Å². The number of rotatable bonds is 16. The van der Waals surface area contributed by atoms with Crippen LogP contribution in [0.25, 0.3) is 22.1 Å². The van der Waals surface area contributed by atoms with Crippen molar-refractivity contribution in [1.29, 1.82) is 0 Å². The van der Waals surface area contributed by atoms with E-state index in [4.69, 9.17) is 0 Å². The van der Waals surface area contributed by atoms with E-state index < -0.39 is 0 Å². The number of benzene rings is 1. The van der Waals surface area contributed by atoms with Crippen LogP contribution in [0.1, 0.15) is 96.8 Å². The van der Waals surface area contributed by atoms with Gasteiger partial charge in [-0.1, -0.05) is 120 Å². The van der Waals surface area contributed by atoms with Gasteiger partial charge in [0.05, 0.1) is 0 Å². The third-order valence-electron chi connectivity index (χ3n) is 5.83. The maximum atomic E-state index is 4.65. The van der Waals surface area contributed by atoms with Gasteiger partial charge in [-0.2, -0.15) is 0 Å². The maximum Gasteiger partial charge on any atom is 0.211 e. The molecule has 0 spiro atoms. The van der Waals surface area contributed by atoms with Crippen molar-refractivity contribution in [3.63, 3.8) is 0 Å². The standard InChI is InChI=1S/C25H38N4S/c1-2-3-4-5-6-7-8-9-10-11-12-13-14-17-20-30-25-27-24-23(28-29-25)21-18-15-16-19-22(21)26-24/h15-16,18-19H,2-14,17,20H2,1H3,(H,26,27,29). The molecular weight excluding hydrogens is 388 g/mol. The summed E-state index contributed by atoms with van der Waals surface area (Å²) in [5.41, 5.74) is 2.78. The summed E-state index contributed by atoms with van der Waals surface area (Å²) in [7, 11) is 0. The number of H-pyrrole nitrogens is 1. The molecule has 0 radical (unpaired) electrons. The van der Waals surface area contributed by atoms with E-state index in [0.29, 0.717) is 0 Å². The minimum Gasteiger partial charge on any atom is -0.338 e. The molecule has 164 valence electrons. The van der Waals surface area contributed by atoms with E-state index in [1.807, 2.05) is 12.1 Å². The molecule has 2 heterocycles. The van der Waals surface area contributed by atoms with Crippen LogP contribution in [0.4, 0.5) is 0 Å². The molecule has 5 heteroatoms. The third-order valence-corrected chi connectivity index (χ3v) is 6.76. The Morgan fingerprint density at radius 3 is 2.00 bits per heavy atom. The molecular formula is C25H38N4S. The zero-order chi connectivity index (χ0) is 20.9. The Hall–Kier alpha value is -1.62. The minimum absolute atomic E-state index is 0.781. The first kappa shape index (κ1) is 23.1. The molecule has 0 aliphatic heterocycles. The predicted octanol–water partition coefficient (Wildman–Crippen LogP) is 8.08. The van der Waals surface area contributed by atoms with E-state index in [0.717, 1.165) is 33.0 Å². The van der Waals surface area contributed by atoms with Crippen LogP contribution in [-0.2, 0) is 0 Å². The summed E-state index contributed by atoms with van der Waals surface area (Å²) in [6, 6.07) is 8.16. The first-order valence-corrected chi connectivity index (χ1v) is 13.1. The largest absolute Gasteiger partial charge is 0.338 e. The summed E-state index contributed by atoms with van der Waals surface area (Å²) in [6.07, 6.45) is 19.6. The predicted molar refractivity (Wildman–Crippen MR) is 130 cm³/mol. The topological polar surface area (TPSA) is 54.5 Å². The first-order chi connectivity index (χ1) is 14.9. The van der Waals surface area contributed by atoms with E-state index >= 15 is 0 Å². The molecule has 0 fully saturated rings. The van der Waals surface area contributed by atoms with Crippen molar-refractivity contribution in [3.05, 3.63) is 24.3 Å². The number of hydrogen-bond acceptors (Lipinski definition) is 4. The molecule has 0 atom stereocenters. The Morgan fingerprint density at radius 1 is 0.733 bits per heavy atom. The van der Waals surface area contributed by atoms with Gasteiger partial charge in [-0.15, -0.1) is 10.2 Å². The summed E-state index contributed by atoms with van der Waals surface area (Å²) in [5.74, 6) is 1.07. The number of unbranched alkanes of at least 4 members (excludes halogenated alkanes) is 13. The highest BCUT2D eigenvalue weighted by atomic mass is 32.2. The summed E-state index contributed by atoms with van der Waals surface area (Å²) < 4.78 is 0. The fourth-order valence-electron chi connectivity index (χ4n) is 4.03. The highest BCUT2D eigenvalue weighted by Crippen LogP contribution is 2.23. The third kappa shape index (κ3) is 7.57. The highest BCUT2D eigenvalue weighted by molar-refractivity contribution is 7.99. The lowest BCUT2D eigenvalue weighted by Crippen LogP contribution is -1.92. The molecule has 4 nitrogen and oxygen atoms in total. The number of thioether (sulfide) groups is 1. The van der Waals surface area contributed by atoms with E-state index in [1.165, 1.54) is 89.9 Å². The lowest BCUT2D eigenvalue weighted by molar-refractivity contribution is 0.538. The van der Waals surface area contributed by atoms with E-state index in [2.05, 4.69) is 39.2 Å². The first-order valence-electron chi connectivity index (χ1n) is 12.1. The van der Waals surface area contributed by atoms with Crippen molar-refractivity contribution in [1.82, 2.24) is 20.2 Å². The summed E-state index contributed by atoms with van der Waals surface area (Å²) in [5, 5.41) is 10.6. The molecule has 1 aromatic carbocycles.